The normalized spacial score (nSPS) is 11.0. The summed E-state index contributed by atoms with van der Waals surface area (Å²) in [6.07, 6.45) is 0.266. The zero-order chi connectivity index (χ0) is 8.85. The summed E-state index contributed by atoms with van der Waals surface area (Å²) in [6.45, 7) is 2.95. The SMILES string of the molecule is CCC(=O)/C(=N\OC)C(C)=O. The molecular weight excluding hydrogens is 146 g/mol. The third kappa shape index (κ3) is 2.93. The molecule has 0 radical (unpaired) electrons. The van der Waals surface area contributed by atoms with Gasteiger partial charge < -0.3 is 4.84 Å². The number of ketones is 2. The van der Waals surface area contributed by atoms with Crippen LogP contribution in [0.2, 0.25) is 0 Å². The second kappa shape index (κ2) is 4.60. The Hall–Kier alpha value is -1.19. The van der Waals surface area contributed by atoms with Crippen LogP contribution < -0.4 is 0 Å². The second-order valence-electron chi connectivity index (χ2n) is 1.96. The molecule has 0 spiro atoms. The predicted octanol–water partition coefficient (Wildman–Crippen LogP) is 0.557. The van der Waals surface area contributed by atoms with E-state index < -0.39 is 0 Å². The molecule has 0 rings (SSSR count). The van der Waals surface area contributed by atoms with E-state index in [9.17, 15) is 9.59 Å². The molecule has 0 aliphatic heterocycles. The Bertz CT molecular complexity index is 196. The number of carbonyl (C=O) groups is 2. The molecule has 0 saturated carbocycles. The van der Waals surface area contributed by atoms with E-state index in [1.807, 2.05) is 0 Å². The lowest BCUT2D eigenvalue weighted by Gasteiger charge is -1.96. The molecule has 0 aliphatic rings. The van der Waals surface area contributed by atoms with Gasteiger partial charge in [-0.15, -0.1) is 0 Å². The zero-order valence-corrected chi connectivity index (χ0v) is 6.88. The molecule has 0 fully saturated rings. The van der Waals surface area contributed by atoms with Gasteiger partial charge >= 0.3 is 0 Å². The molecule has 62 valence electrons. The summed E-state index contributed by atoms with van der Waals surface area (Å²) in [5.41, 5.74) is -0.116. The van der Waals surface area contributed by atoms with Crippen LogP contribution in [0, 0.1) is 0 Å². The highest BCUT2D eigenvalue weighted by Crippen LogP contribution is 1.89. The molecule has 0 aromatic heterocycles. The van der Waals surface area contributed by atoms with Crippen LogP contribution in [0.25, 0.3) is 0 Å². The lowest BCUT2D eigenvalue weighted by Crippen LogP contribution is -2.21. The van der Waals surface area contributed by atoms with Crippen LogP contribution in [0.15, 0.2) is 5.16 Å². The number of nitrogens with zero attached hydrogens (tertiary/aromatic N) is 1. The number of rotatable bonds is 4. The van der Waals surface area contributed by atoms with Crippen LogP contribution in [0.4, 0.5) is 0 Å². The van der Waals surface area contributed by atoms with Gasteiger partial charge in [-0.25, -0.2) is 0 Å². The largest absolute Gasteiger partial charge is 0.398 e. The van der Waals surface area contributed by atoms with Gasteiger partial charge in [0.15, 0.2) is 17.3 Å². The summed E-state index contributed by atoms with van der Waals surface area (Å²) in [5, 5.41) is 3.31. The maximum absolute atomic E-state index is 10.9. The lowest BCUT2D eigenvalue weighted by molar-refractivity contribution is -0.116. The minimum absolute atomic E-state index is 0.116. The van der Waals surface area contributed by atoms with Gasteiger partial charge in [-0.3, -0.25) is 9.59 Å². The molecule has 0 aliphatic carbocycles. The summed E-state index contributed by atoms with van der Waals surface area (Å²) < 4.78 is 0. The number of carbonyl (C=O) groups excluding carboxylic acids is 2. The molecule has 0 aromatic rings. The molecule has 11 heavy (non-hydrogen) atoms. The highest BCUT2D eigenvalue weighted by Gasteiger charge is 2.14. The van der Waals surface area contributed by atoms with Crippen molar-refractivity contribution in [2.24, 2.45) is 5.16 Å². The van der Waals surface area contributed by atoms with Gasteiger partial charge in [-0.05, 0) is 0 Å². The highest BCUT2D eigenvalue weighted by atomic mass is 16.6. The van der Waals surface area contributed by atoms with E-state index in [4.69, 9.17) is 0 Å². The van der Waals surface area contributed by atoms with Crippen molar-refractivity contribution in [2.45, 2.75) is 20.3 Å². The lowest BCUT2D eigenvalue weighted by atomic mass is 10.1. The number of hydrogen-bond acceptors (Lipinski definition) is 4. The van der Waals surface area contributed by atoms with Crippen molar-refractivity contribution in [1.29, 1.82) is 0 Å². The van der Waals surface area contributed by atoms with Crippen molar-refractivity contribution in [3.8, 4) is 0 Å². The third-order valence-corrected chi connectivity index (χ3v) is 1.10. The van der Waals surface area contributed by atoms with Gasteiger partial charge in [0, 0.05) is 13.3 Å². The Kier molecular flexibility index (Phi) is 4.10. The van der Waals surface area contributed by atoms with Crippen molar-refractivity contribution in [3.63, 3.8) is 0 Å². The van der Waals surface area contributed by atoms with Crippen molar-refractivity contribution in [1.82, 2.24) is 0 Å². The standard InChI is InChI=1S/C7H11NO3/c1-4-6(10)7(5(2)9)8-11-3/h4H2,1-3H3/b8-7-. The Morgan fingerprint density at radius 1 is 1.45 bits per heavy atom. The maximum atomic E-state index is 10.9. The van der Waals surface area contributed by atoms with E-state index in [-0.39, 0.29) is 23.7 Å². The van der Waals surface area contributed by atoms with Gasteiger partial charge in [0.2, 0.25) is 0 Å². The first kappa shape index (κ1) is 9.81. The van der Waals surface area contributed by atoms with Crippen LogP contribution in [-0.4, -0.2) is 24.4 Å². The number of oxime groups is 1. The van der Waals surface area contributed by atoms with E-state index in [0.717, 1.165) is 0 Å². The molecule has 0 saturated heterocycles. The molecule has 0 bridgehead atoms. The van der Waals surface area contributed by atoms with Crippen molar-refractivity contribution >= 4 is 17.3 Å². The summed E-state index contributed by atoms with van der Waals surface area (Å²) in [5.74, 6) is -0.655. The van der Waals surface area contributed by atoms with E-state index >= 15 is 0 Å². The molecule has 0 atom stereocenters. The second-order valence-corrected chi connectivity index (χ2v) is 1.96. The monoisotopic (exact) mass is 157 g/mol. The number of hydrogen-bond donors (Lipinski definition) is 0. The maximum Gasteiger partial charge on any atom is 0.188 e. The van der Waals surface area contributed by atoms with Crippen molar-refractivity contribution < 1.29 is 14.4 Å². The molecule has 0 unspecified atom stereocenters. The first-order valence-corrected chi connectivity index (χ1v) is 3.28. The molecule has 0 aromatic carbocycles. The van der Waals surface area contributed by atoms with Crippen LogP contribution in [0.5, 0.6) is 0 Å². The Labute approximate surface area is 65.2 Å². The third-order valence-electron chi connectivity index (χ3n) is 1.10. The Balaban J connectivity index is 4.48. The predicted molar refractivity (Wildman–Crippen MR) is 40.4 cm³/mol. The van der Waals surface area contributed by atoms with E-state index in [1.165, 1.54) is 14.0 Å². The molecule has 0 heterocycles. The fourth-order valence-corrected chi connectivity index (χ4v) is 0.570. The van der Waals surface area contributed by atoms with Crippen LogP contribution in [0.3, 0.4) is 0 Å². The van der Waals surface area contributed by atoms with E-state index in [0.29, 0.717) is 0 Å². The van der Waals surface area contributed by atoms with Crippen molar-refractivity contribution in [3.05, 3.63) is 0 Å². The fraction of sp³-hybridized carbons (Fsp3) is 0.571. The first-order chi connectivity index (χ1) is 5.13. The molecule has 0 amide bonds. The summed E-state index contributed by atoms with van der Waals surface area (Å²) in [7, 11) is 1.30. The Morgan fingerprint density at radius 2 is 2.00 bits per heavy atom. The first-order valence-electron chi connectivity index (χ1n) is 3.28. The van der Waals surface area contributed by atoms with E-state index in [2.05, 4.69) is 9.99 Å². The topological polar surface area (TPSA) is 55.7 Å². The Morgan fingerprint density at radius 3 is 2.27 bits per heavy atom. The zero-order valence-electron chi connectivity index (χ0n) is 6.88. The molecule has 4 nitrogen and oxygen atoms in total. The average Bonchev–Trinajstić information content (AvgIpc) is 1.98. The van der Waals surface area contributed by atoms with Crippen molar-refractivity contribution in [2.75, 3.05) is 7.11 Å². The highest BCUT2D eigenvalue weighted by molar-refractivity contribution is 6.65. The summed E-state index contributed by atoms with van der Waals surface area (Å²) in [6, 6.07) is 0. The quantitative estimate of drug-likeness (QED) is 0.340. The van der Waals surface area contributed by atoms with Gasteiger partial charge in [-0.1, -0.05) is 12.1 Å². The average molecular weight is 157 g/mol. The van der Waals surface area contributed by atoms with Gasteiger partial charge in [0.1, 0.15) is 7.11 Å². The van der Waals surface area contributed by atoms with E-state index in [1.54, 1.807) is 6.92 Å². The summed E-state index contributed by atoms with van der Waals surface area (Å²) >= 11 is 0. The smallest absolute Gasteiger partial charge is 0.188 e. The van der Waals surface area contributed by atoms with Crippen LogP contribution in [0.1, 0.15) is 20.3 Å². The fourth-order valence-electron chi connectivity index (χ4n) is 0.570. The minimum Gasteiger partial charge on any atom is -0.398 e. The number of Topliss-reactive ketones (excluding diaryl/α,β-unsaturated/α-hetero) is 2. The van der Waals surface area contributed by atoms with Gasteiger partial charge in [0.25, 0.3) is 0 Å². The van der Waals surface area contributed by atoms with Gasteiger partial charge in [0.05, 0.1) is 0 Å². The van der Waals surface area contributed by atoms with Crippen LogP contribution in [-0.2, 0) is 14.4 Å². The van der Waals surface area contributed by atoms with Gasteiger partial charge in [-0.2, -0.15) is 0 Å². The van der Waals surface area contributed by atoms with Crippen LogP contribution >= 0.6 is 0 Å². The minimum atomic E-state index is -0.362. The molecule has 4 heteroatoms. The summed E-state index contributed by atoms with van der Waals surface area (Å²) in [4.78, 5) is 25.9. The molecule has 0 N–H and O–H groups in total. The molecular formula is C7H11NO3.